The fourth-order valence-electron chi connectivity index (χ4n) is 2.88. The zero-order valence-electron chi connectivity index (χ0n) is 13.6. The van der Waals surface area contributed by atoms with Crippen LogP contribution in [0.15, 0.2) is 46.9 Å². The molecule has 1 aliphatic heterocycles. The number of rotatable bonds is 4. The van der Waals surface area contributed by atoms with Gasteiger partial charge < -0.3 is 19.2 Å². The number of benzene rings is 2. The molecule has 1 aliphatic rings. The van der Waals surface area contributed by atoms with Gasteiger partial charge in [0.25, 0.3) is 6.01 Å². The van der Waals surface area contributed by atoms with Gasteiger partial charge in [0, 0.05) is 18.5 Å². The van der Waals surface area contributed by atoms with Crippen molar-refractivity contribution in [3.63, 3.8) is 0 Å². The summed E-state index contributed by atoms with van der Waals surface area (Å²) in [5.41, 5.74) is 3.63. The number of oxazole rings is 1. The molecule has 1 saturated heterocycles. The molecule has 2 heterocycles. The number of nitrogens with zero attached hydrogens (tertiary/aromatic N) is 1. The summed E-state index contributed by atoms with van der Waals surface area (Å²) in [5, 5.41) is 3.21. The Bertz CT molecular complexity index is 804. The number of anilines is 2. The van der Waals surface area contributed by atoms with Gasteiger partial charge in [0.1, 0.15) is 17.4 Å². The van der Waals surface area contributed by atoms with E-state index >= 15 is 0 Å². The first-order chi connectivity index (χ1) is 11.8. The van der Waals surface area contributed by atoms with Crippen LogP contribution in [-0.4, -0.2) is 24.3 Å². The van der Waals surface area contributed by atoms with Crippen LogP contribution in [0, 0.1) is 6.92 Å². The van der Waals surface area contributed by atoms with Crippen molar-refractivity contribution >= 4 is 22.8 Å². The number of para-hydroxylation sites is 2. The van der Waals surface area contributed by atoms with Crippen molar-refractivity contribution in [2.45, 2.75) is 25.9 Å². The lowest BCUT2D eigenvalue weighted by Crippen LogP contribution is -2.26. The molecule has 3 aromatic rings. The molecule has 5 heteroatoms. The van der Waals surface area contributed by atoms with Crippen LogP contribution in [0.1, 0.15) is 18.4 Å². The molecule has 0 unspecified atom stereocenters. The highest BCUT2D eigenvalue weighted by Crippen LogP contribution is 2.27. The molecular formula is C19H20N2O3. The lowest BCUT2D eigenvalue weighted by molar-refractivity contribution is 0.0253. The number of aryl methyl sites for hydroxylation is 1. The third-order valence-corrected chi connectivity index (χ3v) is 4.18. The third-order valence-electron chi connectivity index (χ3n) is 4.18. The fourth-order valence-corrected chi connectivity index (χ4v) is 2.88. The van der Waals surface area contributed by atoms with Gasteiger partial charge in [-0.05, 0) is 42.8 Å². The Morgan fingerprint density at radius 3 is 2.75 bits per heavy atom. The summed E-state index contributed by atoms with van der Waals surface area (Å²) in [6.45, 7) is 3.61. The summed E-state index contributed by atoms with van der Waals surface area (Å²) in [6, 6.07) is 14.2. The van der Waals surface area contributed by atoms with Gasteiger partial charge in [0.15, 0.2) is 5.58 Å². The van der Waals surface area contributed by atoms with E-state index in [0.29, 0.717) is 6.01 Å². The normalized spacial score (nSPS) is 15.5. The first kappa shape index (κ1) is 15.0. The molecule has 4 rings (SSSR count). The molecule has 0 spiro atoms. The molecule has 0 radical (unpaired) electrons. The van der Waals surface area contributed by atoms with Crippen molar-refractivity contribution in [2.75, 3.05) is 18.5 Å². The van der Waals surface area contributed by atoms with E-state index in [1.54, 1.807) is 0 Å². The zero-order valence-corrected chi connectivity index (χ0v) is 13.6. The number of nitrogens with one attached hydrogen (secondary N) is 1. The second kappa shape index (κ2) is 6.53. The zero-order chi connectivity index (χ0) is 16.4. The molecule has 0 amide bonds. The standard InChI is InChI=1S/C19H20N2O3/c1-13-12-14(6-7-17(13)23-15-8-10-22-11-9-15)20-19-21-16-4-2-3-5-18(16)24-19/h2-7,12,15H,8-11H2,1H3,(H,20,21). The van der Waals surface area contributed by atoms with E-state index in [0.717, 1.165) is 54.2 Å². The Kier molecular flexibility index (Phi) is 4.09. The van der Waals surface area contributed by atoms with Crippen LogP contribution in [0.4, 0.5) is 11.7 Å². The van der Waals surface area contributed by atoms with Gasteiger partial charge in [-0.15, -0.1) is 0 Å². The Morgan fingerprint density at radius 1 is 1.12 bits per heavy atom. The topological polar surface area (TPSA) is 56.5 Å². The van der Waals surface area contributed by atoms with Crippen molar-refractivity contribution in [3.05, 3.63) is 48.0 Å². The van der Waals surface area contributed by atoms with Crippen LogP contribution in [0.25, 0.3) is 11.1 Å². The van der Waals surface area contributed by atoms with Crippen LogP contribution >= 0.6 is 0 Å². The maximum Gasteiger partial charge on any atom is 0.300 e. The lowest BCUT2D eigenvalue weighted by Gasteiger charge is -2.24. The summed E-state index contributed by atoms with van der Waals surface area (Å²) >= 11 is 0. The highest BCUT2D eigenvalue weighted by molar-refractivity contribution is 5.75. The Hall–Kier alpha value is -2.53. The molecule has 24 heavy (non-hydrogen) atoms. The average molecular weight is 324 g/mol. The maximum absolute atomic E-state index is 6.09. The van der Waals surface area contributed by atoms with Gasteiger partial charge in [-0.1, -0.05) is 12.1 Å². The summed E-state index contributed by atoms with van der Waals surface area (Å²) in [6.07, 6.45) is 2.14. The number of hydrogen-bond acceptors (Lipinski definition) is 5. The minimum atomic E-state index is 0.244. The first-order valence-electron chi connectivity index (χ1n) is 8.25. The second-order valence-corrected chi connectivity index (χ2v) is 6.02. The Morgan fingerprint density at radius 2 is 1.96 bits per heavy atom. The van der Waals surface area contributed by atoms with E-state index in [1.165, 1.54) is 0 Å². The third kappa shape index (κ3) is 3.21. The van der Waals surface area contributed by atoms with Crippen LogP contribution < -0.4 is 10.1 Å². The van der Waals surface area contributed by atoms with Gasteiger partial charge in [-0.3, -0.25) is 0 Å². The SMILES string of the molecule is Cc1cc(Nc2nc3ccccc3o2)ccc1OC1CCOCC1. The fraction of sp³-hybridized carbons (Fsp3) is 0.316. The lowest BCUT2D eigenvalue weighted by atomic mass is 10.1. The molecule has 0 bridgehead atoms. The average Bonchev–Trinajstić information content (AvgIpc) is 3.00. The van der Waals surface area contributed by atoms with Crippen LogP contribution in [-0.2, 0) is 4.74 Å². The number of ether oxygens (including phenoxy) is 2. The number of fused-ring (bicyclic) bond motifs is 1. The second-order valence-electron chi connectivity index (χ2n) is 6.02. The van der Waals surface area contributed by atoms with Crippen LogP contribution in [0.2, 0.25) is 0 Å². The minimum absolute atomic E-state index is 0.244. The quantitative estimate of drug-likeness (QED) is 0.769. The van der Waals surface area contributed by atoms with Crippen molar-refractivity contribution in [1.82, 2.24) is 4.98 Å². The smallest absolute Gasteiger partial charge is 0.300 e. The predicted octanol–water partition coefficient (Wildman–Crippen LogP) is 4.44. The summed E-state index contributed by atoms with van der Waals surface area (Å²) in [7, 11) is 0. The highest BCUT2D eigenvalue weighted by atomic mass is 16.5. The maximum atomic E-state index is 6.09. The Balaban J connectivity index is 1.48. The van der Waals surface area contributed by atoms with E-state index < -0.39 is 0 Å². The van der Waals surface area contributed by atoms with Crippen molar-refractivity contribution in [3.8, 4) is 5.75 Å². The van der Waals surface area contributed by atoms with E-state index in [2.05, 4.69) is 10.3 Å². The van der Waals surface area contributed by atoms with Gasteiger partial charge in [-0.25, -0.2) is 0 Å². The first-order valence-corrected chi connectivity index (χ1v) is 8.25. The largest absolute Gasteiger partial charge is 0.490 e. The molecule has 0 atom stereocenters. The molecule has 2 aromatic carbocycles. The van der Waals surface area contributed by atoms with E-state index in [-0.39, 0.29) is 6.10 Å². The summed E-state index contributed by atoms with van der Waals surface area (Å²) in [4.78, 5) is 4.43. The van der Waals surface area contributed by atoms with Crippen molar-refractivity contribution in [1.29, 1.82) is 0 Å². The minimum Gasteiger partial charge on any atom is -0.490 e. The van der Waals surface area contributed by atoms with E-state index in [4.69, 9.17) is 13.9 Å². The molecule has 124 valence electrons. The molecule has 0 saturated carbocycles. The predicted molar refractivity (Wildman–Crippen MR) is 92.9 cm³/mol. The highest BCUT2D eigenvalue weighted by Gasteiger charge is 2.16. The molecule has 1 N–H and O–H groups in total. The van der Waals surface area contributed by atoms with Gasteiger partial charge in [-0.2, -0.15) is 4.98 Å². The molecule has 5 nitrogen and oxygen atoms in total. The van der Waals surface area contributed by atoms with E-state index in [1.807, 2.05) is 49.4 Å². The van der Waals surface area contributed by atoms with Gasteiger partial charge >= 0.3 is 0 Å². The van der Waals surface area contributed by atoms with Crippen LogP contribution in [0.5, 0.6) is 5.75 Å². The molecule has 0 aliphatic carbocycles. The van der Waals surface area contributed by atoms with Crippen molar-refractivity contribution < 1.29 is 13.9 Å². The summed E-state index contributed by atoms with van der Waals surface area (Å²) in [5.74, 6) is 0.921. The monoisotopic (exact) mass is 324 g/mol. The molecular weight excluding hydrogens is 304 g/mol. The summed E-state index contributed by atoms with van der Waals surface area (Å²) < 4.78 is 17.2. The Labute approximate surface area is 140 Å². The van der Waals surface area contributed by atoms with Crippen molar-refractivity contribution in [2.24, 2.45) is 0 Å². The molecule has 1 fully saturated rings. The van der Waals surface area contributed by atoms with Gasteiger partial charge in [0.2, 0.25) is 0 Å². The number of aromatic nitrogens is 1. The van der Waals surface area contributed by atoms with Gasteiger partial charge in [0.05, 0.1) is 13.2 Å². The molecule has 1 aromatic heterocycles. The van der Waals surface area contributed by atoms with Crippen LogP contribution in [0.3, 0.4) is 0 Å². The number of hydrogen-bond donors (Lipinski definition) is 1. The van der Waals surface area contributed by atoms with E-state index in [9.17, 15) is 0 Å².